The summed E-state index contributed by atoms with van der Waals surface area (Å²) in [6.45, 7) is 2.07. The summed E-state index contributed by atoms with van der Waals surface area (Å²) in [5.74, 6) is -1.11. The Bertz CT molecular complexity index is 556. The van der Waals surface area contributed by atoms with Gasteiger partial charge in [-0.1, -0.05) is 43.7 Å². The van der Waals surface area contributed by atoms with Crippen LogP contribution in [0.15, 0.2) is 35.9 Å². The number of carbonyl (C=O) groups excluding carboxylic acids is 2. The maximum atomic E-state index is 12.3. The van der Waals surface area contributed by atoms with Crippen molar-refractivity contribution in [1.29, 1.82) is 0 Å². The SMILES string of the molecule is CCCCC1=C(c2ccccc2)C1(C(=O)OC)C(=O)OC. The minimum Gasteiger partial charge on any atom is -0.468 e. The molecule has 1 aromatic carbocycles. The zero-order valence-electron chi connectivity index (χ0n) is 12.6. The van der Waals surface area contributed by atoms with Crippen LogP contribution in [0.1, 0.15) is 31.7 Å². The molecule has 2 rings (SSSR count). The highest BCUT2D eigenvalue weighted by molar-refractivity contribution is 6.25. The van der Waals surface area contributed by atoms with E-state index in [1.165, 1.54) is 14.2 Å². The number of benzene rings is 1. The zero-order valence-corrected chi connectivity index (χ0v) is 12.6. The molecule has 0 aliphatic heterocycles. The van der Waals surface area contributed by atoms with Gasteiger partial charge in [-0.15, -0.1) is 0 Å². The average molecular weight is 288 g/mol. The number of hydrogen-bond acceptors (Lipinski definition) is 4. The smallest absolute Gasteiger partial charge is 0.332 e. The van der Waals surface area contributed by atoms with E-state index in [-0.39, 0.29) is 0 Å². The topological polar surface area (TPSA) is 52.6 Å². The number of esters is 2. The van der Waals surface area contributed by atoms with E-state index in [1.54, 1.807) is 0 Å². The molecule has 1 aliphatic carbocycles. The largest absolute Gasteiger partial charge is 0.468 e. The fraction of sp³-hybridized carbons (Fsp3) is 0.412. The second kappa shape index (κ2) is 6.12. The quantitative estimate of drug-likeness (QED) is 0.596. The molecule has 0 radical (unpaired) electrons. The minimum atomic E-state index is -1.33. The predicted molar refractivity (Wildman–Crippen MR) is 79.4 cm³/mol. The third kappa shape index (κ3) is 2.35. The van der Waals surface area contributed by atoms with Gasteiger partial charge >= 0.3 is 11.9 Å². The highest BCUT2D eigenvalue weighted by Gasteiger charge is 2.66. The monoisotopic (exact) mass is 288 g/mol. The number of carbonyl (C=O) groups is 2. The van der Waals surface area contributed by atoms with Gasteiger partial charge in [0.2, 0.25) is 5.41 Å². The van der Waals surface area contributed by atoms with Crippen LogP contribution in [0.5, 0.6) is 0 Å². The van der Waals surface area contributed by atoms with Crippen LogP contribution in [-0.2, 0) is 19.1 Å². The van der Waals surface area contributed by atoms with Crippen LogP contribution >= 0.6 is 0 Å². The standard InChI is InChI=1S/C17H20O4/c1-4-5-11-13-14(12-9-7-6-8-10-12)17(13,15(18)20-2)16(19)21-3/h6-10H,4-5,11H2,1-3H3. The van der Waals surface area contributed by atoms with E-state index in [2.05, 4.69) is 6.92 Å². The fourth-order valence-corrected chi connectivity index (χ4v) is 2.83. The predicted octanol–water partition coefficient (Wildman–Crippen LogP) is 2.98. The molecule has 0 atom stereocenters. The first-order chi connectivity index (χ1) is 10.1. The Morgan fingerprint density at radius 3 is 2.10 bits per heavy atom. The van der Waals surface area contributed by atoms with E-state index in [9.17, 15) is 9.59 Å². The van der Waals surface area contributed by atoms with Gasteiger partial charge in [-0.05, 0) is 29.6 Å². The second-order valence-corrected chi connectivity index (χ2v) is 5.06. The van der Waals surface area contributed by atoms with Crippen LogP contribution in [0.25, 0.3) is 5.57 Å². The lowest BCUT2D eigenvalue weighted by molar-refractivity contribution is -0.159. The molecular weight excluding hydrogens is 268 g/mol. The van der Waals surface area contributed by atoms with E-state index in [1.807, 2.05) is 30.3 Å². The van der Waals surface area contributed by atoms with Crippen molar-refractivity contribution in [3.05, 3.63) is 41.5 Å². The van der Waals surface area contributed by atoms with Crippen LogP contribution < -0.4 is 0 Å². The summed E-state index contributed by atoms with van der Waals surface area (Å²) < 4.78 is 9.76. The van der Waals surface area contributed by atoms with Crippen LogP contribution in [0, 0.1) is 5.41 Å². The summed E-state index contributed by atoms with van der Waals surface area (Å²) >= 11 is 0. The van der Waals surface area contributed by atoms with Gasteiger partial charge in [0.15, 0.2) is 0 Å². The van der Waals surface area contributed by atoms with Gasteiger partial charge in [0.05, 0.1) is 14.2 Å². The molecule has 0 saturated carbocycles. The highest BCUT2D eigenvalue weighted by Crippen LogP contribution is 2.61. The molecule has 0 heterocycles. The molecule has 0 saturated heterocycles. The van der Waals surface area contributed by atoms with Gasteiger partial charge in [0.25, 0.3) is 0 Å². The van der Waals surface area contributed by atoms with Crippen molar-refractivity contribution >= 4 is 17.5 Å². The summed E-state index contributed by atoms with van der Waals surface area (Å²) in [5, 5.41) is 0. The molecule has 1 aromatic rings. The first kappa shape index (κ1) is 15.3. The Labute approximate surface area is 124 Å². The van der Waals surface area contributed by atoms with Gasteiger partial charge in [-0.25, -0.2) is 0 Å². The van der Waals surface area contributed by atoms with E-state index in [0.29, 0.717) is 6.42 Å². The average Bonchev–Trinajstić information content (AvgIpc) is 3.21. The number of ether oxygens (including phenoxy) is 2. The molecule has 0 bridgehead atoms. The van der Waals surface area contributed by atoms with Crippen molar-refractivity contribution in [1.82, 2.24) is 0 Å². The summed E-state index contributed by atoms with van der Waals surface area (Å²) in [6, 6.07) is 9.47. The molecule has 4 nitrogen and oxygen atoms in total. The van der Waals surface area contributed by atoms with Crippen LogP contribution in [-0.4, -0.2) is 26.2 Å². The Kier molecular flexibility index (Phi) is 4.46. The highest BCUT2D eigenvalue weighted by atomic mass is 16.5. The first-order valence-electron chi connectivity index (χ1n) is 7.10. The van der Waals surface area contributed by atoms with Gasteiger partial charge in [0, 0.05) is 0 Å². The molecule has 0 amide bonds. The third-order valence-corrected chi connectivity index (χ3v) is 3.89. The summed E-state index contributed by atoms with van der Waals surface area (Å²) in [4.78, 5) is 24.6. The molecule has 0 spiro atoms. The van der Waals surface area contributed by atoms with Crippen LogP contribution in [0.4, 0.5) is 0 Å². The molecule has 0 N–H and O–H groups in total. The summed E-state index contributed by atoms with van der Waals surface area (Å²) in [6.07, 6.45) is 2.61. The first-order valence-corrected chi connectivity index (χ1v) is 7.10. The minimum absolute atomic E-state index is 0.556. The lowest BCUT2D eigenvalue weighted by Gasteiger charge is -2.15. The van der Waals surface area contributed by atoms with Crippen molar-refractivity contribution in [2.45, 2.75) is 26.2 Å². The van der Waals surface area contributed by atoms with E-state index < -0.39 is 17.4 Å². The van der Waals surface area contributed by atoms with Gasteiger partial charge in [0.1, 0.15) is 0 Å². The van der Waals surface area contributed by atoms with Crippen molar-refractivity contribution < 1.29 is 19.1 Å². The van der Waals surface area contributed by atoms with Gasteiger partial charge < -0.3 is 9.47 Å². The normalized spacial score (nSPS) is 15.6. The molecule has 0 fully saturated rings. The molecule has 1 aliphatic rings. The molecule has 4 heteroatoms. The van der Waals surface area contributed by atoms with Crippen LogP contribution in [0.3, 0.4) is 0 Å². The lowest BCUT2D eigenvalue weighted by atomic mass is 9.93. The number of hydrogen-bond donors (Lipinski definition) is 0. The van der Waals surface area contributed by atoms with Crippen molar-refractivity contribution in [2.24, 2.45) is 5.41 Å². The molecule has 0 unspecified atom stereocenters. The fourth-order valence-electron chi connectivity index (χ4n) is 2.83. The van der Waals surface area contributed by atoms with Crippen molar-refractivity contribution in [3.8, 4) is 0 Å². The third-order valence-electron chi connectivity index (χ3n) is 3.89. The van der Waals surface area contributed by atoms with Crippen LogP contribution in [0.2, 0.25) is 0 Å². The maximum absolute atomic E-state index is 12.3. The molecular formula is C17H20O4. The van der Waals surface area contributed by atoms with Crippen molar-refractivity contribution in [3.63, 3.8) is 0 Å². The van der Waals surface area contributed by atoms with E-state index in [0.717, 1.165) is 29.6 Å². The maximum Gasteiger partial charge on any atom is 0.332 e. The van der Waals surface area contributed by atoms with Gasteiger partial charge in [-0.2, -0.15) is 0 Å². The molecule has 21 heavy (non-hydrogen) atoms. The van der Waals surface area contributed by atoms with Crippen molar-refractivity contribution in [2.75, 3.05) is 14.2 Å². The summed E-state index contributed by atoms with van der Waals surface area (Å²) in [5.41, 5.74) is 1.11. The number of methoxy groups -OCH3 is 2. The van der Waals surface area contributed by atoms with E-state index in [4.69, 9.17) is 9.47 Å². The second-order valence-electron chi connectivity index (χ2n) is 5.06. The summed E-state index contributed by atoms with van der Waals surface area (Å²) in [7, 11) is 2.59. The molecule has 112 valence electrons. The Morgan fingerprint density at radius 2 is 1.62 bits per heavy atom. The molecule has 0 aromatic heterocycles. The Balaban J connectivity index is 2.46. The zero-order chi connectivity index (χ0) is 15.5. The lowest BCUT2D eigenvalue weighted by Crippen LogP contribution is -2.32. The van der Waals surface area contributed by atoms with E-state index >= 15 is 0 Å². The Hall–Kier alpha value is -2.10. The number of unbranched alkanes of at least 4 members (excludes halogenated alkanes) is 1. The Morgan fingerprint density at radius 1 is 1.05 bits per heavy atom. The van der Waals surface area contributed by atoms with Gasteiger partial charge in [-0.3, -0.25) is 9.59 Å². The number of rotatable bonds is 6.